The Morgan fingerprint density at radius 2 is 1.73 bits per heavy atom. The molecule has 138 valence electrons. The lowest BCUT2D eigenvalue weighted by atomic mass is 10.1. The topological polar surface area (TPSA) is 117 Å². The van der Waals surface area contributed by atoms with E-state index in [1.807, 2.05) is 4.72 Å². The molecule has 1 fully saturated rings. The molecular weight excluding hydrogens is 364 g/mol. The van der Waals surface area contributed by atoms with Gasteiger partial charge in [-0.2, -0.15) is 13.1 Å². The second kappa shape index (κ2) is 7.48. The zero-order valence-corrected chi connectivity index (χ0v) is 14.5. The number of nitrogens with one attached hydrogen (secondary N) is 1. The first-order valence-corrected chi connectivity index (χ1v) is 9.03. The van der Waals surface area contributed by atoms with Gasteiger partial charge in [0.25, 0.3) is 5.69 Å². The fraction of sp³-hybridized carbons (Fsp3) is 0.250. The van der Waals surface area contributed by atoms with Crippen LogP contribution in [0.4, 0.5) is 5.69 Å². The van der Waals surface area contributed by atoms with Crippen LogP contribution in [0.2, 0.25) is 0 Å². The van der Waals surface area contributed by atoms with Crippen molar-refractivity contribution >= 4 is 16.0 Å². The van der Waals surface area contributed by atoms with E-state index in [1.165, 1.54) is 25.2 Å². The lowest BCUT2D eigenvalue weighted by molar-refractivity contribution is -0.386. The van der Waals surface area contributed by atoms with Crippen LogP contribution in [0.3, 0.4) is 0 Å². The molecule has 26 heavy (non-hydrogen) atoms. The molecule has 10 heteroatoms. The molecule has 1 aliphatic rings. The molecule has 1 N–H and O–H groups in total. The SMILES string of the molecule is CNS(=O)(=O)OC1OC(c2ccccc2)OC1c1ccccc1[N+](=O)[O-]. The summed E-state index contributed by atoms with van der Waals surface area (Å²) in [6.07, 6.45) is -3.43. The third-order valence-corrected chi connectivity index (χ3v) is 4.70. The summed E-state index contributed by atoms with van der Waals surface area (Å²) in [6, 6.07) is 14.7. The number of para-hydroxylation sites is 1. The van der Waals surface area contributed by atoms with Gasteiger partial charge in [0.05, 0.1) is 10.5 Å². The first-order valence-electron chi connectivity index (χ1n) is 7.62. The van der Waals surface area contributed by atoms with Crippen LogP contribution in [0.15, 0.2) is 54.6 Å². The molecule has 3 atom stereocenters. The third kappa shape index (κ3) is 3.89. The molecule has 9 nitrogen and oxygen atoms in total. The van der Waals surface area contributed by atoms with Crippen LogP contribution in [-0.4, -0.2) is 26.7 Å². The van der Waals surface area contributed by atoms with Gasteiger partial charge in [-0.05, 0) is 6.07 Å². The number of ether oxygens (including phenoxy) is 2. The summed E-state index contributed by atoms with van der Waals surface area (Å²) in [4.78, 5) is 10.7. The van der Waals surface area contributed by atoms with Gasteiger partial charge in [-0.25, -0.2) is 4.18 Å². The van der Waals surface area contributed by atoms with Gasteiger partial charge in [0, 0.05) is 18.7 Å². The monoisotopic (exact) mass is 380 g/mol. The van der Waals surface area contributed by atoms with Crippen molar-refractivity contribution in [1.29, 1.82) is 0 Å². The maximum atomic E-state index is 11.8. The number of hydrogen-bond acceptors (Lipinski definition) is 7. The zero-order chi connectivity index (χ0) is 18.7. The molecule has 3 unspecified atom stereocenters. The Bertz CT molecular complexity index is 888. The van der Waals surface area contributed by atoms with Crippen molar-refractivity contribution in [3.05, 3.63) is 75.8 Å². The van der Waals surface area contributed by atoms with Crippen molar-refractivity contribution in [2.24, 2.45) is 0 Å². The average molecular weight is 380 g/mol. The standard InChI is InChI=1S/C16H16N2O7S/c1-17-26(21,22)25-16-14(12-9-5-6-10-13(12)18(19)20)23-15(24-16)11-7-3-2-4-8-11/h2-10,14-17H,1H3. The molecule has 0 radical (unpaired) electrons. The lowest BCUT2D eigenvalue weighted by Gasteiger charge is -2.16. The molecule has 1 saturated heterocycles. The molecule has 2 aromatic carbocycles. The largest absolute Gasteiger partial charge is 0.338 e. The van der Waals surface area contributed by atoms with Crippen molar-refractivity contribution in [3.8, 4) is 0 Å². The van der Waals surface area contributed by atoms with Gasteiger partial charge in [-0.1, -0.05) is 42.5 Å². The summed E-state index contributed by atoms with van der Waals surface area (Å²) in [5.41, 5.74) is 0.571. The third-order valence-electron chi connectivity index (χ3n) is 3.76. The molecule has 0 saturated carbocycles. The fourth-order valence-corrected chi connectivity index (χ4v) is 3.04. The van der Waals surface area contributed by atoms with Gasteiger partial charge in [0.1, 0.15) is 6.10 Å². The summed E-state index contributed by atoms with van der Waals surface area (Å²) in [6.45, 7) is 0. The second-order valence-corrected chi connectivity index (χ2v) is 6.88. The number of benzene rings is 2. The van der Waals surface area contributed by atoms with Crippen LogP contribution < -0.4 is 4.72 Å². The Balaban J connectivity index is 1.98. The molecule has 0 aromatic heterocycles. The van der Waals surface area contributed by atoms with Crippen molar-refractivity contribution in [2.45, 2.75) is 18.7 Å². The van der Waals surface area contributed by atoms with Crippen molar-refractivity contribution in [3.63, 3.8) is 0 Å². The number of nitrogens with zero attached hydrogens (tertiary/aromatic N) is 1. The first kappa shape index (κ1) is 18.4. The Morgan fingerprint density at radius 3 is 2.38 bits per heavy atom. The van der Waals surface area contributed by atoms with Crippen LogP contribution in [0.5, 0.6) is 0 Å². The van der Waals surface area contributed by atoms with Crippen molar-refractivity contribution < 1.29 is 27.0 Å². The van der Waals surface area contributed by atoms with Crippen LogP contribution in [0.25, 0.3) is 0 Å². The lowest BCUT2D eigenvalue weighted by Crippen LogP contribution is -2.30. The highest BCUT2D eigenvalue weighted by Gasteiger charge is 2.43. The van der Waals surface area contributed by atoms with Crippen molar-refractivity contribution in [2.75, 3.05) is 7.05 Å². The van der Waals surface area contributed by atoms with E-state index in [0.717, 1.165) is 0 Å². The van der Waals surface area contributed by atoms with Gasteiger partial charge in [0.2, 0.25) is 6.29 Å². The number of rotatable bonds is 6. The highest BCUT2D eigenvalue weighted by molar-refractivity contribution is 7.84. The summed E-state index contributed by atoms with van der Waals surface area (Å²) < 4.78 is 42.0. The molecule has 3 rings (SSSR count). The van der Waals surface area contributed by atoms with Gasteiger partial charge in [-0.15, -0.1) is 0 Å². The molecular formula is C16H16N2O7S. The van der Waals surface area contributed by atoms with E-state index in [-0.39, 0.29) is 11.3 Å². The summed E-state index contributed by atoms with van der Waals surface area (Å²) in [5.74, 6) is 0. The van der Waals surface area contributed by atoms with E-state index < -0.39 is 33.9 Å². The molecule has 0 aliphatic carbocycles. The van der Waals surface area contributed by atoms with Crippen LogP contribution in [0, 0.1) is 10.1 Å². The molecule has 1 aliphatic heterocycles. The van der Waals surface area contributed by atoms with Gasteiger partial charge in [-0.3, -0.25) is 10.1 Å². The second-order valence-electron chi connectivity index (χ2n) is 5.37. The first-order chi connectivity index (χ1) is 12.4. The van der Waals surface area contributed by atoms with E-state index in [2.05, 4.69) is 0 Å². The number of nitro groups is 1. The van der Waals surface area contributed by atoms with E-state index in [9.17, 15) is 18.5 Å². The quantitative estimate of drug-likeness (QED) is 0.603. The maximum Gasteiger partial charge on any atom is 0.338 e. The maximum absolute atomic E-state index is 11.8. The van der Waals surface area contributed by atoms with Crippen LogP contribution >= 0.6 is 0 Å². The molecule has 2 aromatic rings. The number of nitro benzene ring substituents is 1. The van der Waals surface area contributed by atoms with E-state index in [4.69, 9.17) is 13.7 Å². The molecule has 0 amide bonds. The Kier molecular flexibility index (Phi) is 5.30. The predicted molar refractivity (Wildman–Crippen MR) is 90.0 cm³/mol. The zero-order valence-electron chi connectivity index (χ0n) is 13.6. The van der Waals surface area contributed by atoms with E-state index in [0.29, 0.717) is 5.56 Å². The minimum atomic E-state index is -4.11. The van der Waals surface area contributed by atoms with E-state index in [1.54, 1.807) is 36.4 Å². The molecule has 0 spiro atoms. The highest BCUT2D eigenvalue weighted by atomic mass is 32.2. The Labute approximate surface area is 149 Å². The van der Waals surface area contributed by atoms with Gasteiger partial charge in [0.15, 0.2) is 6.29 Å². The average Bonchev–Trinajstić information content (AvgIpc) is 3.05. The smallest absolute Gasteiger partial charge is 0.335 e. The van der Waals surface area contributed by atoms with Crippen LogP contribution in [-0.2, 0) is 24.0 Å². The normalized spacial score (nSPS) is 23.0. The summed E-state index contributed by atoms with van der Waals surface area (Å²) >= 11 is 0. The summed E-state index contributed by atoms with van der Waals surface area (Å²) in [5, 5.41) is 11.3. The minimum Gasteiger partial charge on any atom is -0.335 e. The molecule has 1 heterocycles. The van der Waals surface area contributed by atoms with Crippen LogP contribution in [0.1, 0.15) is 23.5 Å². The fourth-order valence-electron chi connectivity index (χ4n) is 2.55. The minimum absolute atomic E-state index is 0.159. The number of hydrogen-bond donors (Lipinski definition) is 1. The molecule has 0 bridgehead atoms. The van der Waals surface area contributed by atoms with E-state index >= 15 is 0 Å². The van der Waals surface area contributed by atoms with Gasteiger partial charge >= 0.3 is 10.3 Å². The Hall–Kier alpha value is -2.37. The van der Waals surface area contributed by atoms with Crippen molar-refractivity contribution in [1.82, 2.24) is 4.72 Å². The highest BCUT2D eigenvalue weighted by Crippen LogP contribution is 2.43. The summed E-state index contributed by atoms with van der Waals surface area (Å²) in [7, 11) is -2.93. The predicted octanol–water partition coefficient (Wildman–Crippen LogP) is 2.19. The van der Waals surface area contributed by atoms with Gasteiger partial charge < -0.3 is 9.47 Å². The Morgan fingerprint density at radius 1 is 1.08 bits per heavy atom.